The molecule has 0 fully saturated rings. The van der Waals surface area contributed by atoms with E-state index in [1.165, 1.54) is 68.2 Å². The van der Waals surface area contributed by atoms with Crippen LogP contribution in [0.1, 0.15) is 25.0 Å². The normalized spacial score (nSPS) is 13.3. The summed E-state index contributed by atoms with van der Waals surface area (Å²) in [5.41, 5.74) is 13.6. The second-order valence-electron chi connectivity index (χ2n) is 10.8. The van der Waals surface area contributed by atoms with E-state index in [1.807, 2.05) is 0 Å². The Morgan fingerprint density at radius 3 is 2.07 bits per heavy atom. The first-order valence-electron chi connectivity index (χ1n) is 13.3. The predicted molar refractivity (Wildman–Crippen MR) is 162 cm³/mol. The standard InChI is InChI=1S/C30H20N.C5H5NO3S.Ir/c1-30(2)25-12-6-5-10-21(25)23-16-18(14-15-26(23)30)28-17-24-20-9-4-3-8-19(20)22-11-7-13-27(31-28)29(22)24;7-10(8,9)5-3-1-2-4-6-5;/h3-13,15-17H,1-2H3;1-4H,(H,7,8,9);/q-1;;. The SMILES string of the molecule is CC1(C)c2c[c-]c(-c3cc4c5c(cccc5n3)-c3ccccc3-4)cc2-c2ccccc21.O=S(=O)(O)c1ccccn1.[Ir]. The smallest absolute Gasteiger partial charge is 0.296 e. The topological polar surface area (TPSA) is 80.2 Å². The maximum atomic E-state index is 10.3. The molecule has 0 unspecified atom stereocenters. The van der Waals surface area contributed by atoms with E-state index in [2.05, 4.69) is 110 Å². The molecule has 42 heavy (non-hydrogen) atoms. The van der Waals surface area contributed by atoms with Crippen molar-refractivity contribution in [3.63, 3.8) is 0 Å². The van der Waals surface area contributed by atoms with Crippen LogP contribution < -0.4 is 0 Å². The summed E-state index contributed by atoms with van der Waals surface area (Å²) < 4.78 is 29.1. The molecule has 7 heteroatoms. The first kappa shape index (κ1) is 28.1. The molecule has 2 aliphatic rings. The van der Waals surface area contributed by atoms with Crippen molar-refractivity contribution in [2.75, 3.05) is 0 Å². The van der Waals surface area contributed by atoms with E-state index in [0.717, 1.165) is 16.8 Å². The van der Waals surface area contributed by atoms with E-state index < -0.39 is 10.1 Å². The molecule has 0 atom stereocenters. The molecule has 0 saturated heterocycles. The molecule has 0 amide bonds. The van der Waals surface area contributed by atoms with Crippen LogP contribution in [0.4, 0.5) is 0 Å². The number of nitrogens with zero attached hydrogens (tertiary/aromatic N) is 2. The first-order valence-corrected chi connectivity index (χ1v) is 14.8. The van der Waals surface area contributed by atoms with Gasteiger partial charge < -0.3 is 0 Å². The van der Waals surface area contributed by atoms with Crippen LogP contribution in [0.5, 0.6) is 0 Å². The summed E-state index contributed by atoms with van der Waals surface area (Å²) in [6.45, 7) is 4.61. The minimum Gasteiger partial charge on any atom is -0.296 e. The summed E-state index contributed by atoms with van der Waals surface area (Å²) in [6, 6.07) is 38.4. The van der Waals surface area contributed by atoms with Gasteiger partial charge in [-0.05, 0) is 62.7 Å². The van der Waals surface area contributed by atoms with Crippen molar-refractivity contribution in [2.24, 2.45) is 0 Å². The van der Waals surface area contributed by atoms with Crippen LogP contribution in [0.3, 0.4) is 0 Å². The molecule has 2 aromatic heterocycles. The molecule has 0 bridgehead atoms. The third-order valence-corrected chi connectivity index (χ3v) is 8.80. The third-order valence-electron chi connectivity index (χ3n) is 8.03. The van der Waals surface area contributed by atoms with Crippen LogP contribution in [-0.2, 0) is 35.6 Å². The quantitative estimate of drug-likeness (QED) is 0.144. The molecule has 5 nitrogen and oxygen atoms in total. The van der Waals surface area contributed by atoms with Gasteiger partial charge in [0.2, 0.25) is 0 Å². The van der Waals surface area contributed by atoms with Gasteiger partial charge in [0.05, 0.1) is 5.52 Å². The molecule has 0 saturated carbocycles. The van der Waals surface area contributed by atoms with Gasteiger partial charge in [-0.1, -0.05) is 92.2 Å². The Balaban J connectivity index is 0.000000247. The first-order chi connectivity index (χ1) is 19.7. The van der Waals surface area contributed by atoms with Crippen molar-refractivity contribution >= 4 is 21.0 Å². The minimum absolute atomic E-state index is 0. The molecule has 0 aliphatic heterocycles. The fourth-order valence-corrected chi connectivity index (χ4v) is 6.55. The molecule has 2 aliphatic carbocycles. The Morgan fingerprint density at radius 2 is 1.38 bits per heavy atom. The van der Waals surface area contributed by atoms with Crippen molar-refractivity contribution in [3.8, 4) is 44.6 Å². The predicted octanol–water partition coefficient (Wildman–Crippen LogP) is 7.98. The van der Waals surface area contributed by atoms with Gasteiger partial charge in [0.15, 0.2) is 5.03 Å². The van der Waals surface area contributed by atoms with E-state index in [9.17, 15) is 8.42 Å². The van der Waals surface area contributed by atoms with Gasteiger partial charge in [0.25, 0.3) is 0 Å². The number of rotatable bonds is 2. The Labute approximate surface area is 258 Å². The second-order valence-corrected chi connectivity index (χ2v) is 12.2. The fraction of sp³-hybridized carbons (Fsp3) is 0.0857. The van der Waals surface area contributed by atoms with Crippen molar-refractivity contribution in [3.05, 3.63) is 127 Å². The van der Waals surface area contributed by atoms with E-state index >= 15 is 0 Å². The van der Waals surface area contributed by atoms with Gasteiger partial charge in [0.1, 0.15) is 0 Å². The van der Waals surface area contributed by atoms with Crippen molar-refractivity contribution in [1.82, 2.24) is 9.97 Å². The Kier molecular flexibility index (Phi) is 6.95. The summed E-state index contributed by atoms with van der Waals surface area (Å²) in [6.07, 6.45) is 1.29. The molecular weight excluding hydrogens is 721 g/mol. The zero-order valence-electron chi connectivity index (χ0n) is 22.8. The molecule has 0 spiro atoms. The molecular formula is C35H25IrN2O3S-. The zero-order chi connectivity index (χ0) is 28.4. The van der Waals surface area contributed by atoms with Gasteiger partial charge in [-0.25, -0.2) is 4.98 Å². The molecule has 4 aromatic carbocycles. The van der Waals surface area contributed by atoms with E-state index in [4.69, 9.17) is 9.54 Å². The number of benzene rings is 4. The maximum Gasteiger partial charge on any atom is 0.312 e. The Morgan fingerprint density at radius 1 is 0.714 bits per heavy atom. The second kappa shape index (κ2) is 10.4. The molecule has 1 N–H and O–H groups in total. The van der Waals surface area contributed by atoms with E-state index in [1.54, 1.807) is 6.07 Å². The van der Waals surface area contributed by atoms with Crippen molar-refractivity contribution in [2.45, 2.75) is 24.3 Å². The van der Waals surface area contributed by atoms with Gasteiger partial charge in [-0.15, -0.1) is 29.3 Å². The van der Waals surface area contributed by atoms with Crippen LogP contribution in [0.15, 0.2) is 114 Å². The van der Waals surface area contributed by atoms with Crippen LogP contribution >= 0.6 is 0 Å². The summed E-state index contributed by atoms with van der Waals surface area (Å²) in [4.78, 5) is 8.49. The van der Waals surface area contributed by atoms with Crippen molar-refractivity contribution in [1.29, 1.82) is 0 Å². The maximum absolute atomic E-state index is 10.3. The van der Waals surface area contributed by atoms with E-state index in [0.29, 0.717) is 0 Å². The Bertz CT molecular complexity index is 2110. The molecule has 8 rings (SSSR count). The van der Waals surface area contributed by atoms with Crippen LogP contribution in [0.2, 0.25) is 0 Å². The molecule has 2 heterocycles. The number of fused-ring (bicyclic) bond motifs is 6. The molecule has 1 radical (unpaired) electrons. The summed E-state index contributed by atoms with van der Waals surface area (Å²) in [7, 11) is -4.11. The zero-order valence-corrected chi connectivity index (χ0v) is 26.0. The average Bonchev–Trinajstić information content (AvgIpc) is 3.43. The van der Waals surface area contributed by atoms with Crippen molar-refractivity contribution < 1.29 is 33.1 Å². The summed E-state index contributed by atoms with van der Waals surface area (Å²) >= 11 is 0. The van der Waals surface area contributed by atoms with Crippen LogP contribution in [-0.4, -0.2) is 22.9 Å². The molecule has 209 valence electrons. The largest absolute Gasteiger partial charge is 0.312 e. The van der Waals surface area contributed by atoms with Crippen LogP contribution in [0, 0.1) is 6.07 Å². The average molecular weight is 746 g/mol. The number of hydrogen-bond donors (Lipinski definition) is 1. The summed E-state index contributed by atoms with van der Waals surface area (Å²) in [5, 5.41) is 0.940. The van der Waals surface area contributed by atoms with Crippen LogP contribution in [0.25, 0.3) is 55.5 Å². The third kappa shape index (κ3) is 4.50. The fourth-order valence-electron chi connectivity index (χ4n) is 6.10. The number of pyridine rings is 2. The van der Waals surface area contributed by atoms with E-state index in [-0.39, 0.29) is 30.5 Å². The Hall–Kier alpha value is -4.00. The van der Waals surface area contributed by atoms with Gasteiger partial charge in [-0.3, -0.25) is 9.54 Å². The monoisotopic (exact) mass is 746 g/mol. The summed E-state index contributed by atoms with van der Waals surface area (Å²) in [5.74, 6) is 0. The number of hydrogen-bond acceptors (Lipinski definition) is 4. The number of aromatic nitrogens is 2. The van der Waals surface area contributed by atoms with Gasteiger partial charge in [-0.2, -0.15) is 8.42 Å². The molecule has 6 aromatic rings. The van der Waals surface area contributed by atoms with Gasteiger partial charge in [0, 0.05) is 31.7 Å². The minimum atomic E-state index is -4.11. The van der Waals surface area contributed by atoms with Gasteiger partial charge >= 0.3 is 10.1 Å².